The van der Waals surface area contributed by atoms with Crippen LogP contribution in [0.4, 0.5) is 0 Å². The van der Waals surface area contributed by atoms with E-state index in [-0.39, 0.29) is 0 Å². The molecule has 0 aromatic heterocycles. The van der Waals surface area contributed by atoms with Crippen molar-refractivity contribution >= 4 is 0 Å². The molecule has 0 bridgehead atoms. The van der Waals surface area contributed by atoms with Crippen LogP contribution in [0, 0.1) is 25.7 Å². The molecule has 0 nitrogen and oxygen atoms in total. The van der Waals surface area contributed by atoms with Gasteiger partial charge in [0.1, 0.15) is 0 Å². The summed E-state index contributed by atoms with van der Waals surface area (Å²) in [4.78, 5) is 0. The summed E-state index contributed by atoms with van der Waals surface area (Å²) >= 11 is 0. The molecular formula is C31H44. The zero-order valence-corrected chi connectivity index (χ0v) is 21.0. The topological polar surface area (TPSA) is 0 Å². The van der Waals surface area contributed by atoms with E-state index in [0.717, 1.165) is 5.57 Å². The molecule has 0 aliphatic heterocycles. The Morgan fingerprint density at radius 3 is 1.39 bits per heavy atom. The van der Waals surface area contributed by atoms with Crippen molar-refractivity contribution < 1.29 is 0 Å². The van der Waals surface area contributed by atoms with Gasteiger partial charge in [0.05, 0.1) is 0 Å². The summed E-state index contributed by atoms with van der Waals surface area (Å²) in [5, 5.41) is 0. The van der Waals surface area contributed by atoms with Crippen molar-refractivity contribution in [3.05, 3.63) is 94.6 Å². The van der Waals surface area contributed by atoms with Gasteiger partial charge in [0.2, 0.25) is 0 Å². The molecule has 4 atom stereocenters. The van der Waals surface area contributed by atoms with Crippen LogP contribution < -0.4 is 0 Å². The van der Waals surface area contributed by atoms with Crippen molar-refractivity contribution in [1.82, 2.24) is 0 Å². The molecule has 0 heteroatoms. The first-order valence-electron chi connectivity index (χ1n) is 12.2. The molecule has 2 aromatic carbocycles. The summed E-state index contributed by atoms with van der Waals surface area (Å²) in [6.07, 6.45) is 7.19. The Morgan fingerprint density at radius 1 is 0.742 bits per heavy atom. The van der Waals surface area contributed by atoms with Gasteiger partial charge in [0.15, 0.2) is 0 Å². The maximum atomic E-state index is 4.30. The fourth-order valence-electron chi connectivity index (χ4n) is 4.39. The lowest BCUT2D eigenvalue weighted by Gasteiger charge is -2.32. The van der Waals surface area contributed by atoms with Crippen molar-refractivity contribution in [3.8, 4) is 0 Å². The minimum absolute atomic E-state index is 0.419. The first-order valence-corrected chi connectivity index (χ1v) is 12.2. The van der Waals surface area contributed by atoms with Crippen LogP contribution in [0.25, 0.3) is 0 Å². The summed E-state index contributed by atoms with van der Waals surface area (Å²) in [5.41, 5.74) is 8.23. The highest BCUT2D eigenvalue weighted by Gasteiger charge is 2.28. The SMILES string of the molecule is C=C(C)C=C(C(CC(C)CC)c1ccc(C)cc1)C(CC(C)CC)c1ccc(C)cc1. The van der Waals surface area contributed by atoms with E-state index >= 15 is 0 Å². The van der Waals surface area contributed by atoms with Crippen LogP contribution in [0.15, 0.2) is 72.3 Å². The molecule has 168 valence electrons. The van der Waals surface area contributed by atoms with Crippen LogP contribution in [-0.2, 0) is 0 Å². The monoisotopic (exact) mass is 416 g/mol. The molecule has 0 amide bonds. The standard InChI is InChI=1S/C31H44/c1-9-23(5)20-29(27-15-11-25(7)12-16-27)31(19-22(3)4)30(21-24(6)10-2)28-17-13-26(8)14-18-28/h11-19,23-24,29-30H,3,9-10,20-21H2,1-2,4-8H3. The quantitative estimate of drug-likeness (QED) is 0.320. The van der Waals surface area contributed by atoms with Crippen LogP contribution in [0.1, 0.15) is 94.4 Å². The predicted molar refractivity (Wildman–Crippen MR) is 139 cm³/mol. The van der Waals surface area contributed by atoms with Crippen LogP contribution in [0.3, 0.4) is 0 Å². The van der Waals surface area contributed by atoms with Crippen molar-refractivity contribution in [1.29, 1.82) is 0 Å². The highest BCUT2D eigenvalue weighted by Crippen LogP contribution is 2.43. The molecule has 0 heterocycles. The van der Waals surface area contributed by atoms with Gasteiger partial charge in [-0.15, -0.1) is 0 Å². The second kappa shape index (κ2) is 12.1. The molecule has 0 spiro atoms. The Balaban J connectivity index is 2.64. The molecule has 31 heavy (non-hydrogen) atoms. The highest BCUT2D eigenvalue weighted by atomic mass is 14.3. The Hall–Kier alpha value is -2.08. The number of rotatable bonds is 11. The van der Waals surface area contributed by atoms with Crippen molar-refractivity contribution in [2.24, 2.45) is 11.8 Å². The molecule has 0 aliphatic carbocycles. The van der Waals surface area contributed by atoms with E-state index in [0.29, 0.717) is 23.7 Å². The summed E-state index contributed by atoms with van der Waals surface area (Å²) in [7, 11) is 0. The highest BCUT2D eigenvalue weighted by molar-refractivity contribution is 5.41. The number of hydrogen-bond donors (Lipinski definition) is 0. The maximum absolute atomic E-state index is 4.30. The second-order valence-electron chi connectivity index (χ2n) is 9.92. The molecule has 0 N–H and O–H groups in total. The minimum atomic E-state index is 0.419. The van der Waals surface area contributed by atoms with E-state index in [4.69, 9.17) is 0 Å². The summed E-state index contributed by atoms with van der Waals surface area (Å²) in [6.45, 7) is 20.2. The molecule has 2 rings (SSSR count). The van der Waals surface area contributed by atoms with E-state index in [1.165, 1.54) is 47.9 Å². The van der Waals surface area contributed by atoms with Gasteiger partial charge in [0, 0.05) is 11.8 Å². The van der Waals surface area contributed by atoms with Gasteiger partial charge in [-0.3, -0.25) is 0 Å². The predicted octanol–water partition coefficient (Wildman–Crippen LogP) is 9.55. The van der Waals surface area contributed by atoms with Gasteiger partial charge >= 0.3 is 0 Å². The van der Waals surface area contributed by atoms with Crippen molar-refractivity contribution in [3.63, 3.8) is 0 Å². The van der Waals surface area contributed by atoms with E-state index in [1.807, 2.05) is 0 Å². The lowest BCUT2D eigenvalue weighted by molar-refractivity contribution is 0.436. The van der Waals surface area contributed by atoms with Gasteiger partial charge in [-0.2, -0.15) is 0 Å². The number of benzene rings is 2. The Kier molecular flexibility index (Phi) is 9.82. The molecule has 0 radical (unpaired) electrons. The van der Waals surface area contributed by atoms with Crippen molar-refractivity contribution in [2.75, 3.05) is 0 Å². The van der Waals surface area contributed by atoms with Gasteiger partial charge < -0.3 is 0 Å². The molecule has 0 aliphatic rings. The van der Waals surface area contributed by atoms with Gasteiger partial charge in [-0.05, 0) is 56.6 Å². The van der Waals surface area contributed by atoms with E-state index in [2.05, 4.69) is 110 Å². The zero-order chi connectivity index (χ0) is 23.0. The van der Waals surface area contributed by atoms with Crippen LogP contribution in [0.2, 0.25) is 0 Å². The van der Waals surface area contributed by atoms with Gasteiger partial charge in [-0.1, -0.05) is 124 Å². The average molecular weight is 417 g/mol. The largest absolute Gasteiger partial charge is 0.0961 e. The van der Waals surface area contributed by atoms with Crippen LogP contribution >= 0.6 is 0 Å². The van der Waals surface area contributed by atoms with Crippen molar-refractivity contribution in [2.45, 2.75) is 86.0 Å². The fourth-order valence-corrected chi connectivity index (χ4v) is 4.39. The van der Waals surface area contributed by atoms with Gasteiger partial charge in [-0.25, -0.2) is 0 Å². The minimum Gasteiger partial charge on any atom is -0.0961 e. The second-order valence-corrected chi connectivity index (χ2v) is 9.92. The first kappa shape index (κ1) is 25.2. The van der Waals surface area contributed by atoms with Crippen LogP contribution in [0.5, 0.6) is 0 Å². The van der Waals surface area contributed by atoms with Gasteiger partial charge in [0.25, 0.3) is 0 Å². The number of aryl methyl sites for hydroxylation is 2. The van der Waals surface area contributed by atoms with E-state index < -0.39 is 0 Å². The zero-order valence-electron chi connectivity index (χ0n) is 21.0. The van der Waals surface area contributed by atoms with E-state index in [1.54, 1.807) is 5.57 Å². The Labute approximate surface area is 192 Å². The molecule has 0 fully saturated rings. The first-order chi connectivity index (χ1) is 14.7. The maximum Gasteiger partial charge on any atom is 0.00600 e. The lowest BCUT2D eigenvalue weighted by Crippen LogP contribution is -2.16. The molecular weight excluding hydrogens is 372 g/mol. The average Bonchev–Trinajstić information content (AvgIpc) is 2.75. The van der Waals surface area contributed by atoms with E-state index in [9.17, 15) is 0 Å². The lowest BCUT2D eigenvalue weighted by atomic mass is 9.72. The molecule has 2 aromatic rings. The summed E-state index contributed by atoms with van der Waals surface area (Å²) in [6, 6.07) is 18.5. The number of hydrogen-bond acceptors (Lipinski definition) is 0. The summed E-state index contributed by atoms with van der Waals surface area (Å²) < 4.78 is 0. The number of allylic oxidation sites excluding steroid dienone is 3. The smallest absolute Gasteiger partial charge is 0.00600 e. The Bertz CT molecular complexity index is 771. The third-order valence-corrected chi connectivity index (χ3v) is 6.85. The Morgan fingerprint density at radius 2 is 1.10 bits per heavy atom. The third kappa shape index (κ3) is 7.53. The molecule has 4 unspecified atom stereocenters. The molecule has 0 saturated carbocycles. The van der Waals surface area contributed by atoms with Crippen LogP contribution in [-0.4, -0.2) is 0 Å². The molecule has 0 saturated heterocycles. The summed E-state index contributed by atoms with van der Waals surface area (Å²) in [5.74, 6) is 2.20. The third-order valence-electron chi connectivity index (χ3n) is 6.85. The normalized spacial score (nSPS) is 15.1. The fraction of sp³-hybridized carbons (Fsp3) is 0.484.